The highest BCUT2D eigenvalue weighted by molar-refractivity contribution is 7.90. The van der Waals surface area contributed by atoms with Crippen LogP contribution in [0.4, 0.5) is 5.69 Å². The molecule has 0 atom stereocenters. The van der Waals surface area contributed by atoms with E-state index < -0.39 is 9.84 Å². The minimum atomic E-state index is -3.26. The van der Waals surface area contributed by atoms with E-state index in [4.69, 9.17) is 9.47 Å². The van der Waals surface area contributed by atoms with E-state index in [0.29, 0.717) is 6.54 Å². The molecule has 2 aromatic rings. The number of sulfone groups is 1. The van der Waals surface area contributed by atoms with Crippen molar-refractivity contribution in [2.45, 2.75) is 11.6 Å². The van der Waals surface area contributed by atoms with Gasteiger partial charge in [0.05, 0.1) is 11.9 Å². The molecule has 7 heteroatoms. The van der Waals surface area contributed by atoms with Crippen molar-refractivity contribution in [3.05, 3.63) is 42.1 Å². The lowest BCUT2D eigenvalue weighted by Crippen LogP contribution is -2.03. The number of nitrogens with one attached hydrogen (secondary N) is 1. The Morgan fingerprint density at radius 3 is 2.71 bits per heavy atom. The van der Waals surface area contributed by atoms with Gasteiger partial charge in [-0.05, 0) is 29.8 Å². The molecule has 6 nitrogen and oxygen atoms in total. The fourth-order valence-corrected chi connectivity index (χ4v) is 2.52. The Kier molecular flexibility index (Phi) is 3.42. The van der Waals surface area contributed by atoms with E-state index in [2.05, 4.69) is 10.3 Å². The van der Waals surface area contributed by atoms with Crippen LogP contribution in [0.25, 0.3) is 0 Å². The molecule has 1 aliphatic heterocycles. The minimum Gasteiger partial charge on any atom is -0.454 e. The molecule has 0 saturated carbocycles. The van der Waals surface area contributed by atoms with Gasteiger partial charge in [0.1, 0.15) is 0 Å². The third-order valence-corrected chi connectivity index (χ3v) is 4.05. The summed E-state index contributed by atoms with van der Waals surface area (Å²) in [6.07, 6.45) is 2.64. The summed E-state index contributed by atoms with van der Waals surface area (Å²) >= 11 is 0. The zero-order valence-corrected chi connectivity index (χ0v) is 12.2. The second-order valence-corrected chi connectivity index (χ2v) is 6.66. The molecule has 0 saturated heterocycles. The van der Waals surface area contributed by atoms with Crippen molar-refractivity contribution in [3.8, 4) is 11.5 Å². The Balaban J connectivity index is 1.68. The Labute approximate surface area is 122 Å². The van der Waals surface area contributed by atoms with E-state index in [0.717, 1.165) is 29.0 Å². The Hall–Kier alpha value is -2.28. The van der Waals surface area contributed by atoms with Crippen LogP contribution >= 0.6 is 0 Å². The average Bonchev–Trinajstić information content (AvgIpc) is 2.92. The fourth-order valence-electron chi connectivity index (χ4n) is 1.96. The van der Waals surface area contributed by atoms with E-state index in [9.17, 15) is 8.42 Å². The summed E-state index contributed by atoms with van der Waals surface area (Å²) in [6, 6.07) is 8.89. The molecule has 110 valence electrons. The lowest BCUT2D eigenvalue weighted by molar-refractivity contribution is 0.174. The molecule has 21 heavy (non-hydrogen) atoms. The van der Waals surface area contributed by atoms with Crippen LogP contribution in [0, 0.1) is 0 Å². The highest BCUT2D eigenvalue weighted by Gasteiger charge is 2.13. The Morgan fingerprint density at radius 2 is 2.00 bits per heavy atom. The summed E-state index contributed by atoms with van der Waals surface area (Å²) in [6.45, 7) is 0.833. The first-order chi connectivity index (χ1) is 10.0. The summed E-state index contributed by atoms with van der Waals surface area (Å²) in [4.78, 5) is 3.92. The second kappa shape index (κ2) is 5.25. The molecular weight excluding hydrogens is 292 g/mol. The number of hydrogen-bond donors (Lipinski definition) is 1. The Morgan fingerprint density at radius 1 is 1.19 bits per heavy atom. The molecule has 0 radical (unpaired) electrons. The molecule has 0 fully saturated rings. The van der Waals surface area contributed by atoms with Gasteiger partial charge in [-0.2, -0.15) is 0 Å². The second-order valence-electron chi connectivity index (χ2n) is 4.70. The summed E-state index contributed by atoms with van der Waals surface area (Å²) in [5.74, 6) is 1.48. The van der Waals surface area contributed by atoms with Crippen LogP contribution < -0.4 is 14.8 Å². The number of rotatable bonds is 4. The number of aromatic nitrogens is 1. The number of fused-ring (bicyclic) bond motifs is 1. The van der Waals surface area contributed by atoms with Crippen molar-refractivity contribution in [2.75, 3.05) is 18.4 Å². The van der Waals surface area contributed by atoms with Gasteiger partial charge in [-0.1, -0.05) is 6.07 Å². The van der Waals surface area contributed by atoms with Gasteiger partial charge >= 0.3 is 0 Å². The quantitative estimate of drug-likeness (QED) is 0.928. The minimum absolute atomic E-state index is 0.0659. The third kappa shape index (κ3) is 3.08. The number of nitrogens with zero attached hydrogens (tertiary/aromatic N) is 1. The van der Waals surface area contributed by atoms with Crippen LogP contribution in [0.1, 0.15) is 5.56 Å². The number of ether oxygens (including phenoxy) is 2. The van der Waals surface area contributed by atoms with Crippen LogP contribution in [0.2, 0.25) is 0 Å². The summed E-state index contributed by atoms with van der Waals surface area (Å²) < 4.78 is 33.2. The van der Waals surface area contributed by atoms with Crippen molar-refractivity contribution in [2.24, 2.45) is 0 Å². The van der Waals surface area contributed by atoms with E-state index in [1.807, 2.05) is 18.2 Å². The molecular formula is C14H14N2O4S. The van der Waals surface area contributed by atoms with E-state index in [1.165, 1.54) is 12.3 Å². The molecule has 3 rings (SSSR count). The van der Waals surface area contributed by atoms with Gasteiger partial charge in [-0.25, -0.2) is 13.4 Å². The van der Waals surface area contributed by atoms with Crippen LogP contribution in [0.3, 0.4) is 0 Å². The first-order valence-corrected chi connectivity index (χ1v) is 8.20. The third-order valence-electron chi connectivity index (χ3n) is 3.05. The Bertz CT molecular complexity index is 757. The monoisotopic (exact) mass is 306 g/mol. The maximum atomic E-state index is 11.3. The topological polar surface area (TPSA) is 77.5 Å². The van der Waals surface area contributed by atoms with Crippen LogP contribution in [0.15, 0.2) is 41.6 Å². The van der Waals surface area contributed by atoms with Gasteiger partial charge in [0.25, 0.3) is 0 Å². The first-order valence-electron chi connectivity index (χ1n) is 6.31. The standard InChI is InChI=1S/C14H14N2O4S/c1-21(17,18)14-5-3-11(8-16-14)15-7-10-2-4-12-13(6-10)20-9-19-12/h2-6,8,15H,7,9H2,1H3. The average molecular weight is 306 g/mol. The maximum absolute atomic E-state index is 11.3. The van der Waals surface area contributed by atoms with Crippen molar-refractivity contribution >= 4 is 15.5 Å². The molecule has 1 aromatic carbocycles. The zero-order valence-electron chi connectivity index (χ0n) is 11.4. The largest absolute Gasteiger partial charge is 0.454 e. The van der Waals surface area contributed by atoms with E-state index in [1.54, 1.807) is 6.07 Å². The van der Waals surface area contributed by atoms with Gasteiger partial charge < -0.3 is 14.8 Å². The SMILES string of the molecule is CS(=O)(=O)c1ccc(NCc2ccc3c(c2)OCO3)cn1. The smallest absolute Gasteiger partial charge is 0.231 e. The van der Waals surface area contributed by atoms with Crippen molar-refractivity contribution in [1.29, 1.82) is 0 Å². The number of anilines is 1. The lowest BCUT2D eigenvalue weighted by atomic mass is 10.2. The lowest BCUT2D eigenvalue weighted by Gasteiger charge is -2.07. The maximum Gasteiger partial charge on any atom is 0.231 e. The van der Waals surface area contributed by atoms with Gasteiger partial charge in [0.2, 0.25) is 6.79 Å². The summed E-state index contributed by atoms with van der Waals surface area (Å²) in [7, 11) is -3.26. The molecule has 1 aliphatic rings. The molecule has 2 heterocycles. The van der Waals surface area contributed by atoms with Crippen LogP contribution in [-0.4, -0.2) is 26.5 Å². The van der Waals surface area contributed by atoms with E-state index >= 15 is 0 Å². The number of hydrogen-bond acceptors (Lipinski definition) is 6. The van der Waals surface area contributed by atoms with Crippen LogP contribution in [0.5, 0.6) is 11.5 Å². The van der Waals surface area contributed by atoms with Gasteiger partial charge in [-0.3, -0.25) is 0 Å². The number of pyridine rings is 1. The number of benzene rings is 1. The molecule has 1 aromatic heterocycles. The van der Waals surface area contributed by atoms with Gasteiger partial charge in [0.15, 0.2) is 26.4 Å². The van der Waals surface area contributed by atoms with Crippen molar-refractivity contribution in [3.63, 3.8) is 0 Å². The molecule has 0 bridgehead atoms. The summed E-state index contributed by atoms with van der Waals surface area (Å²) in [5.41, 5.74) is 1.78. The van der Waals surface area contributed by atoms with Crippen LogP contribution in [-0.2, 0) is 16.4 Å². The zero-order chi connectivity index (χ0) is 14.9. The fraction of sp³-hybridized carbons (Fsp3) is 0.214. The first kappa shape index (κ1) is 13.7. The highest BCUT2D eigenvalue weighted by atomic mass is 32.2. The highest BCUT2D eigenvalue weighted by Crippen LogP contribution is 2.32. The summed E-state index contributed by atoms with van der Waals surface area (Å²) in [5, 5.41) is 3.24. The molecule has 0 unspecified atom stereocenters. The molecule has 0 spiro atoms. The molecule has 0 aliphatic carbocycles. The molecule has 1 N–H and O–H groups in total. The van der Waals surface area contributed by atoms with Crippen molar-refractivity contribution < 1.29 is 17.9 Å². The van der Waals surface area contributed by atoms with E-state index in [-0.39, 0.29) is 11.8 Å². The predicted molar refractivity (Wildman–Crippen MR) is 77.2 cm³/mol. The van der Waals surface area contributed by atoms with Gasteiger partial charge in [-0.15, -0.1) is 0 Å². The molecule has 0 amide bonds. The predicted octanol–water partition coefficient (Wildman–Crippen LogP) is 1.83. The van der Waals surface area contributed by atoms with Gasteiger partial charge in [0, 0.05) is 12.8 Å². The van der Waals surface area contributed by atoms with Crippen molar-refractivity contribution in [1.82, 2.24) is 4.98 Å². The normalized spacial score (nSPS) is 13.2.